The quantitative estimate of drug-likeness (QED) is 0.511. The Hall–Kier alpha value is -2.48. The van der Waals surface area contributed by atoms with Gasteiger partial charge in [-0.3, -0.25) is 9.79 Å². The lowest BCUT2D eigenvalue weighted by Gasteiger charge is -2.30. The summed E-state index contributed by atoms with van der Waals surface area (Å²) in [4.78, 5) is 18.3. The first-order valence-corrected chi connectivity index (χ1v) is 10.9. The minimum atomic E-state index is -0.511. The summed E-state index contributed by atoms with van der Waals surface area (Å²) in [6.07, 6.45) is 6.49. The zero-order valence-corrected chi connectivity index (χ0v) is 19.5. The second-order valence-corrected chi connectivity index (χ2v) is 10.8. The van der Waals surface area contributed by atoms with Crippen molar-refractivity contribution in [3.8, 4) is 0 Å². The minimum absolute atomic E-state index is 0.0697. The molecule has 158 valence electrons. The number of aliphatic imine (C=N–C) groups is 1. The highest BCUT2D eigenvalue weighted by molar-refractivity contribution is 5.99. The smallest absolute Gasteiger partial charge is 0.169 e. The second-order valence-electron chi connectivity index (χ2n) is 10.8. The van der Waals surface area contributed by atoms with Crippen LogP contribution in [0.1, 0.15) is 75.5 Å². The number of carbonyl (C=O) groups excluding carboxylic acids is 1. The highest BCUT2D eigenvalue weighted by Crippen LogP contribution is 2.33. The molecule has 1 heterocycles. The van der Waals surface area contributed by atoms with E-state index in [0.717, 1.165) is 5.56 Å². The number of benzene rings is 2. The molecule has 1 aliphatic rings. The van der Waals surface area contributed by atoms with Crippen LogP contribution in [0.4, 0.5) is 0 Å². The molecule has 2 aromatic carbocycles. The molecule has 0 amide bonds. The summed E-state index contributed by atoms with van der Waals surface area (Å²) in [7, 11) is 0. The largest absolute Gasteiger partial charge is 0.294 e. The third kappa shape index (κ3) is 4.80. The van der Waals surface area contributed by atoms with Crippen molar-refractivity contribution in [2.75, 3.05) is 0 Å². The Morgan fingerprint density at radius 2 is 1.37 bits per heavy atom. The zero-order chi connectivity index (χ0) is 22.2. The van der Waals surface area contributed by atoms with Crippen LogP contribution in [0.2, 0.25) is 0 Å². The van der Waals surface area contributed by atoms with Crippen molar-refractivity contribution in [1.82, 2.24) is 0 Å². The van der Waals surface area contributed by atoms with Crippen molar-refractivity contribution in [3.05, 3.63) is 82.9 Å². The maximum atomic E-state index is 13.6. The molecule has 2 heteroatoms. The molecule has 0 fully saturated rings. The monoisotopic (exact) mass is 401 g/mol. The van der Waals surface area contributed by atoms with Crippen molar-refractivity contribution >= 4 is 12.0 Å². The molecule has 0 saturated heterocycles. The summed E-state index contributed by atoms with van der Waals surface area (Å²) in [5, 5.41) is 0. The van der Waals surface area contributed by atoms with E-state index < -0.39 is 5.54 Å². The molecule has 0 aliphatic carbocycles. The molecular formula is C28H35NO. The van der Waals surface area contributed by atoms with Gasteiger partial charge in [0.2, 0.25) is 0 Å². The van der Waals surface area contributed by atoms with Crippen LogP contribution < -0.4 is 0 Å². The van der Waals surface area contributed by atoms with Gasteiger partial charge in [-0.25, -0.2) is 0 Å². The van der Waals surface area contributed by atoms with Crippen molar-refractivity contribution in [3.63, 3.8) is 0 Å². The maximum absolute atomic E-state index is 13.6. The summed E-state index contributed by atoms with van der Waals surface area (Å²) in [5.41, 5.74) is 4.14. The van der Waals surface area contributed by atoms with Crippen LogP contribution in [0.3, 0.4) is 0 Å². The van der Waals surface area contributed by atoms with E-state index in [2.05, 4.69) is 95.9 Å². The van der Waals surface area contributed by atoms with Gasteiger partial charge in [-0.15, -0.1) is 0 Å². The molecule has 2 unspecified atom stereocenters. The van der Waals surface area contributed by atoms with Crippen LogP contribution in [0.15, 0.2) is 65.7 Å². The molecule has 0 spiro atoms. The normalized spacial score (nSPS) is 19.8. The van der Waals surface area contributed by atoms with Crippen molar-refractivity contribution in [1.29, 1.82) is 0 Å². The van der Waals surface area contributed by atoms with E-state index in [-0.39, 0.29) is 22.5 Å². The first-order chi connectivity index (χ1) is 13.9. The molecule has 30 heavy (non-hydrogen) atoms. The van der Waals surface area contributed by atoms with Crippen molar-refractivity contribution in [2.24, 2.45) is 10.9 Å². The Morgan fingerprint density at radius 1 is 0.867 bits per heavy atom. The molecule has 3 rings (SSSR count). The van der Waals surface area contributed by atoms with Gasteiger partial charge in [0.1, 0.15) is 0 Å². The van der Waals surface area contributed by atoms with Crippen LogP contribution >= 0.6 is 0 Å². The number of ketones is 1. The van der Waals surface area contributed by atoms with Crippen LogP contribution in [-0.2, 0) is 17.3 Å². The third-order valence-electron chi connectivity index (χ3n) is 6.19. The average molecular weight is 402 g/mol. The summed E-state index contributed by atoms with van der Waals surface area (Å²) in [5.74, 6) is -0.0879. The SMILES string of the molecule is CC(C)(C)c1ccc(CC(C(=O)c2ccc(C(C)(C)C)cc2)C2(C)C=CC=N2)cc1. The first kappa shape index (κ1) is 22.2. The molecule has 1 aliphatic heterocycles. The first-order valence-electron chi connectivity index (χ1n) is 10.9. The van der Waals surface area contributed by atoms with Gasteiger partial charge >= 0.3 is 0 Å². The number of hydrogen-bond acceptors (Lipinski definition) is 2. The lowest BCUT2D eigenvalue weighted by Crippen LogP contribution is -2.37. The summed E-state index contributed by atoms with van der Waals surface area (Å²) in [6, 6.07) is 16.8. The summed E-state index contributed by atoms with van der Waals surface area (Å²) in [6.45, 7) is 15.3. The van der Waals surface area contributed by atoms with Gasteiger partial charge in [0.05, 0.1) is 11.5 Å². The molecule has 0 radical (unpaired) electrons. The fourth-order valence-corrected chi connectivity index (χ4v) is 3.97. The number of Topliss-reactive ketones (excluding diaryl/α,β-unsaturated/α-hetero) is 1. The van der Waals surface area contributed by atoms with Gasteiger partial charge in [0.15, 0.2) is 5.78 Å². The van der Waals surface area contributed by atoms with Crippen molar-refractivity contribution < 1.29 is 4.79 Å². The van der Waals surface area contributed by atoms with Gasteiger partial charge in [0.25, 0.3) is 0 Å². The van der Waals surface area contributed by atoms with Gasteiger partial charge in [-0.1, -0.05) is 96.1 Å². The Balaban J connectivity index is 1.91. The molecule has 2 nitrogen and oxygen atoms in total. The van der Waals surface area contributed by atoms with E-state index in [1.54, 1.807) is 0 Å². The van der Waals surface area contributed by atoms with E-state index in [1.165, 1.54) is 16.7 Å². The number of rotatable bonds is 5. The lowest BCUT2D eigenvalue weighted by molar-refractivity contribution is 0.0882. The van der Waals surface area contributed by atoms with Crippen LogP contribution in [0.5, 0.6) is 0 Å². The molecular weight excluding hydrogens is 366 g/mol. The molecule has 2 aromatic rings. The standard InChI is InChI=1S/C28H35NO/c1-26(2,3)22-13-9-20(10-14-22)19-24(28(7)17-8-18-29-28)25(30)21-11-15-23(16-12-21)27(4,5)6/h8-18,24H,19H2,1-7H3. The molecule has 0 bridgehead atoms. The van der Waals surface area contributed by atoms with Crippen LogP contribution in [-0.4, -0.2) is 17.5 Å². The van der Waals surface area contributed by atoms with Crippen molar-refractivity contribution in [2.45, 2.75) is 71.3 Å². The van der Waals surface area contributed by atoms with Crippen LogP contribution in [0.25, 0.3) is 0 Å². The van der Waals surface area contributed by atoms with E-state index >= 15 is 0 Å². The summed E-state index contributed by atoms with van der Waals surface area (Å²) >= 11 is 0. The predicted molar refractivity (Wildman–Crippen MR) is 128 cm³/mol. The topological polar surface area (TPSA) is 29.4 Å². The Morgan fingerprint density at radius 3 is 1.80 bits per heavy atom. The van der Waals surface area contributed by atoms with E-state index in [4.69, 9.17) is 0 Å². The number of carbonyl (C=O) groups is 1. The molecule has 0 N–H and O–H groups in total. The van der Waals surface area contributed by atoms with Gasteiger partial charge < -0.3 is 0 Å². The highest BCUT2D eigenvalue weighted by Gasteiger charge is 2.38. The highest BCUT2D eigenvalue weighted by atomic mass is 16.1. The van der Waals surface area contributed by atoms with Gasteiger partial charge in [0, 0.05) is 11.8 Å². The Bertz CT molecular complexity index is 936. The minimum Gasteiger partial charge on any atom is -0.294 e. The number of hydrogen-bond donors (Lipinski definition) is 0. The number of nitrogens with zero attached hydrogens (tertiary/aromatic N) is 1. The van der Waals surface area contributed by atoms with Gasteiger partial charge in [-0.2, -0.15) is 0 Å². The zero-order valence-electron chi connectivity index (χ0n) is 19.5. The average Bonchev–Trinajstić information content (AvgIpc) is 3.12. The fraction of sp³-hybridized carbons (Fsp3) is 0.429. The molecule has 0 saturated carbocycles. The Labute approximate surface area is 182 Å². The predicted octanol–water partition coefficient (Wildman–Crippen LogP) is 6.72. The number of allylic oxidation sites excluding steroid dienone is 1. The fourth-order valence-electron chi connectivity index (χ4n) is 3.97. The Kier molecular flexibility index (Phi) is 5.91. The van der Waals surface area contributed by atoms with E-state index in [0.29, 0.717) is 6.42 Å². The maximum Gasteiger partial charge on any atom is 0.169 e. The molecule has 0 aromatic heterocycles. The van der Waals surface area contributed by atoms with Gasteiger partial charge in [-0.05, 0) is 46.9 Å². The van der Waals surface area contributed by atoms with E-state index in [9.17, 15) is 4.79 Å². The third-order valence-corrected chi connectivity index (χ3v) is 6.19. The second kappa shape index (κ2) is 7.98. The summed E-state index contributed by atoms with van der Waals surface area (Å²) < 4.78 is 0. The molecule has 2 atom stereocenters. The van der Waals surface area contributed by atoms with Crippen LogP contribution in [0, 0.1) is 5.92 Å². The lowest BCUT2D eigenvalue weighted by atomic mass is 9.76. The van der Waals surface area contributed by atoms with E-state index in [1.807, 2.05) is 24.4 Å².